The van der Waals surface area contributed by atoms with Gasteiger partial charge >= 0.3 is 0 Å². The summed E-state index contributed by atoms with van der Waals surface area (Å²) in [6, 6.07) is 6.97. The predicted octanol–water partition coefficient (Wildman–Crippen LogP) is 0.0189. The fraction of sp³-hybridized carbons (Fsp3) is 0.438. The number of hydrogen-bond acceptors (Lipinski definition) is 5. The molecule has 0 atom stereocenters. The average molecular weight is 352 g/mol. The van der Waals surface area contributed by atoms with E-state index in [1.165, 1.54) is 7.05 Å². The lowest BCUT2D eigenvalue weighted by atomic mass is 10.2. The number of benzene rings is 1. The molecule has 1 fully saturated rings. The molecule has 0 bridgehead atoms. The Hall–Kier alpha value is -1.90. The number of sulfonamides is 1. The van der Waals surface area contributed by atoms with Gasteiger partial charge in [-0.05, 0) is 19.2 Å². The van der Waals surface area contributed by atoms with Crippen LogP contribution in [0, 0.1) is 0 Å². The summed E-state index contributed by atoms with van der Waals surface area (Å²) < 4.78 is 26.7. The quantitative estimate of drug-likeness (QED) is 0.676. The van der Waals surface area contributed by atoms with Gasteiger partial charge in [0.25, 0.3) is 0 Å². The Bertz CT molecular complexity index is 682. The fourth-order valence-corrected chi connectivity index (χ4v) is 3.60. The minimum absolute atomic E-state index is 0.0264. The van der Waals surface area contributed by atoms with Crippen LogP contribution >= 0.6 is 0 Å². The van der Waals surface area contributed by atoms with Crippen LogP contribution in [0.3, 0.4) is 0 Å². The van der Waals surface area contributed by atoms with E-state index in [-0.39, 0.29) is 10.8 Å². The first kappa shape index (κ1) is 18.4. The van der Waals surface area contributed by atoms with Crippen LogP contribution in [0.25, 0.3) is 0 Å². The maximum absolute atomic E-state index is 12.2. The number of carbonyl (C=O) groups is 1. The van der Waals surface area contributed by atoms with Crippen molar-refractivity contribution in [1.29, 1.82) is 0 Å². The van der Waals surface area contributed by atoms with Gasteiger partial charge in [0, 0.05) is 32.7 Å². The van der Waals surface area contributed by atoms with Crippen molar-refractivity contribution in [2.45, 2.75) is 4.90 Å². The molecule has 0 aliphatic carbocycles. The third-order valence-electron chi connectivity index (χ3n) is 3.95. The van der Waals surface area contributed by atoms with Gasteiger partial charge in [0.2, 0.25) is 15.9 Å². The molecule has 7 nitrogen and oxygen atoms in total. The highest BCUT2D eigenvalue weighted by Gasteiger charge is 2.24. The van der Waals surface area contributed by atoms with Crippen LogP contribution in [-0.2, 0) is 14.8 Å². The van der Waals surface area contributed by atoms with Crippen LogP contribution in [0.15, 0.2) is 41.8 Å². The molecule has 0 saturated carbocycles. The summed E-state index contributed by atoms with van der Waals surface area (Å²) in [5, 5.41) is 2.76. The van der Waals surface area contributed by atoms with E-state index in [2.05, 4.69) is 21.5 Å². The van der Waals surface area contributed by atoms with E-state index in [0.29, 0.717) is 45.0 Å². The van der Waals surface area contributed by atoms with Gasteiger partial charge in [0.1, 0.15) is 4.90 Å². The molecule has 0 radical (unpaired) electrons. The molecule has 1 saturated heterocycles. The fourth-order valence-electron chi connectivity index (χ4n) is 2.65. The highest BCUT2D eigenvalue weighted by molar-refractivity contribution is 7.89. The zero-order valence-corrected chi connectivity index (χ0v) is 14.7. The van der Waals surface area contributed by atoms with Crippen molar-refractivity contribution in [3.05, 3.63) is 36.9 Å². The summed E-state index contributed by atoms with van der Waals surface area (Å²) >= 11 is 0. The van der Waals surface area contributed by atoms with E-state index in [1.54, 1.807) is 18.2 Å². The number of rotatable bonds is 7. The molecule has 0 unspecified atom stereocenters. The maximum Gasteiger partial charge on any atom is 0.242 e. The highest BCUT2D eigenvalue weighted by Crippen LogP contribution is 2.25. The lowest BCUT2D eigenvalue weighted by Gasteiger charge is -2.36. The van der Waals surface area contributed by atoms with Crippen molar-refractivity contribution in [2.75, 3.05) is 51.2 Å². The maximum atomic E-state index is 12.2. The normalized spacial score (nSPS) is 16.0. The topological polar surface area (TPSA) is 81.8 Å². The first-order valence-corrected chi connectivity index (χ1v) is 9.33. The number of hydrogen-bond donors (Lipinski definition) is 2. The number of anilines is 1. The van der Waals surface area contributed by atoms with Crippen molar-refractivity contribution < 1.29 is 13.2 Å². The Morgan fingerprint density at radius 3 is 2.54 bits per heavy atom. The Morgan fingerprint density at radius 1 is 1.25 bits per heavy atom. The second kappa shape index (κ2) is 8.27. The number of piperazine rings is 1. The van der Waals surface area contributed by atoms with Crippen LogP contribution in [0.2, 0.25) is 0 Å². The lowest BCUT2D eigenvalue weighted by molar-refractivity contribution is -0.122. The molecule has 24 heavy (non-hydrogen) atoms. The highest BCUT2D eigenvalue weighted by atomic mass is 32.2. The van der Waals surface area contributed by atoms with Crippen LogP contribution in [0.1, 0.15) is 0 Å². The Kier molecular flexibility index (Phi) is 6.36. The molecular formula is C16H24N4O3S. The van der Waals surface area contributed by atoms with Crippen molar-refractivity contribution in [3.8, 4) is 0 Å². The second-order valence-electron chi connectivity index (χ2n) is 5.53. The molecule has 0 spiro atoms. The van der Waals surface area contributed by atoms with Crippen molar-refractivity contribution in [2.24, 2.45) is 0 Å². The van der Waals surface area contributed by atoms with Gasteiger partial charge in [0.05, 0.1) is 12.2 Å². The molecule has 2 rings (SSSR count). The van der Waals surface area contributed by atoms with E-state index >= 15 is 0 Å². The van der Waals surface area contributed by atoms with Gasteiger partial charge in [-0.15, -0.1) is 6.58 Å². The van der Waals surface area contributed by atoms with Gasteiger partial charge in [-0.2, -0.15) is 0 Å². The van der Waals surface area contributed by atoms with E-state index in [9.17, 15) is 13.2 Å². The van der Waals surface area contributed by atoms with Gasteiger partial charge in [-0.25, -0.2) is 13.1 Å². The van der Waals surface area contributed by atoms with Crippen LogP contribution < -0.4 is 14.9 Å². The summed E-state index contributed by atoms with van der Waals surface area (Å²) in [6.45, 7) is 7.13. The second-order valence-corrected chi connectivity index (χ2v) is 7.39. The first-order chi connectivity index (χ1) is 11.5. The average Bonchev–Trinajstić information content (AvgIpc) is 2.60. The number of amides is 1. The van der Waals surface area contributed by atoms with E-state index < -0.39 is 10.0 Å². The number of para-hydroxylation sites is 1. The smallest absolute Gasteiger partial charge is 0.242 e. The molecule has 1 heterocycles. The minimum Gasteiger partial charge on any atom is -0.368 e. The Balaban J connectivity index is 2.01. The molecule has 1 aliphatic heterocycles. The molecule has 0 aromatic heterocycles. The standard InChI is InChI=1S/C16H24N4O3S/c1-3-8-18-16(21)13-19-9-11-20(12-10-19)14-6-4-5-7-15(14)24(22,23)17-2/h3-7,17H,1,8-13H2,2H3,(H,18,21). The number of nitrogens with zero attached hydrogens (tertiary/aromatic N) is 2. The molecule has 2 N–H and O–H groups in total. The van der Waals surface area contributed by atoms with E-state index in [0.717, 1.165) is 0 Å². The Morgan fingerprint density at radius 2 is 1.92 bits per heavy atom. The summed E-state index contributed by atoms with van der Waals surface area (Å²) in [6.07, 6.45) is 1.65. The van der Waals surface area contributed by atoms with Gasteiger partial charge < -0.3 is 10.2 Å². The van der Waals surface area contributed by atoms with Crippen molar-refractivity contribution in [3.63, 3.8) is 0 Å². The number of carbonyl (C=O) groups excluding carboxylic acids is 1. The van der Waals surface area contributed by atoms with Gasteiger partial charge in [-0.1, -0.05) is 18.2 Å². The molecule has 1 amide bonds. The first-order valence-electron chi connectivity index (χ1n) is 7.85. The van der Waals surface area contributed by atoms with Crippen molar-refractivity contribution >= 4 is 21.6 Å². The summed E-state index contributed by atoms with van der Waals surface area (Å²) in [7, 11) is -2.09. The third-order valence-corrected chi connectivity index (χ3v) is 5.41. The summed E-state index contributed by atoms with van der Waals surface area (Å²) in [4.78, 5) is 16.1. The SMILES string of the molecule is C=CCNC(=O)CN1CCN(c2ccccc2S(=O)(=O)NC)CC1. The zero-order valence-electron chi connectivity index (χ0n) is 13.9. The number of nitrogens with one attached hydrogen (secondary N) is 2. The zero-order chi connectivity index (χ0) is 17.6. The van der Waals surface area contributed by atoms with Crippen LogP contribution in [0.5, 0.6) is 0 Å². The Labute approximate surface area is 143 Å². The minimum atomic E-state index is -3.50. The molecule has 1 aromatic carbocycles. The summed E-state index contributed by atoms with van der Waals surface area (Å²) in [5.41, 5.74) is 0.697. The van der Waals surface area contributed by atoms with Crippen LogP contribution in [-0.4, -0.2) is 65.5 Å². The largest absolute Gasteiger partial charge is 0.368 e. The molecule has 132 valence electrons. The predicted molar refractivity (Wildman–Crippen MR) is 94.5 cm³/mol. The van der Waals surface area contributed by atoms with Gasteiger partial charge in [0.15, 0.2) is 0 Å². The van der Waals surface area contributed by atoms with Crippen molar-refractivity contribution in [1.82, 2.24) is 14.9 Å². The lowest BCUT2D eigenvalue weighted by Crippen LogP contribution is -2.49. The van der Waals surface area contributed by atoms with E-state index in [1.807, 2.05) is 17.0 Å². The van der Waals surface area contributed by atoms with Crippen LogP contribution in [0.4, 0.5) is 5.69 Å². The molecule has 1 aliphatic rings. The van der Waals surface area contributed by atoms with Gasteiger partial charge in [-0.3, -0.25) is 9.69 Å². The summed E-state index contributed by atoms with van der Waals surface area (Å²) in [5.74, 6) is -0.0264. The third kappa shape index (κ3) is 4.56. The molecule has 1 aromatic rings. The molecule has 8 heteroatoms. The van der Waals surface area contributed by atoms with E-state index in [4.69, 9.17) is 0 Å². The monoisotopic (exact) mass is 352 g/mol. The molecular weight excluding hydrogens is 328 g/mol.